The van der Waals surface area contributed by atoms with Crippen LogP contribution in [0.1, 0.15) is 25.0 Å². The molecule has 6 nitrogen and oxygen atoms in total. The van der Waals surface area contributed by atoms with Crippen molar-refractivity contribution >= 4 is 28.1 Å². The Morgan fingerprint density at radius 1 is 0.943 bits per heavy atom. The molecule has 180 valence electrons. The van der Waals surface area contributed by atoms with E-state index in [9.17, 15) is 4.79 Å². The van der Waals surface area contributed by atoms with Crippen molar-refractivity contribution in [3.8, 4) is 28.4 Å². The summed E-state index contributed by atoms with van der Waals surface area (Å²) in [4.78, 5) is 12.8. The number of amides is 1. The van der Waals surface area contributed by atoms with Crippen LogP contribution in [0.25, 0.3) is 27.7 Å². The van der Waals surface area contributed by atoms with E-state index in [1.165, 1.54) is 0 Å². The third-order valence-corrected chi connectivity index (χ3v) is 6.02. The number of methoxy groups -OCH3 is 3. The molecular weight excluding hydrogens is 442 g/mol. The van der Waals surface area contributed by atoms with Crippen LogP contribution in [0.3, 0.4) is 0 Å². The Morgan fingerprint density at radius 2 is 1.69 bits per heavy atom. The highest BCUT2D eigenvalue weighted by molar-refractivity contribution is 6.05. The zero-order chi connectivity index (χ0) is 24.9. The third kappa shape index (κ3) is 4.87. The number of anilines is 1. The molecule has 0 saturated carbocycles. The van der Waals surface area contributed by atoms with E-state index in [4.69, 9.17) is 18.6 Å². The van der Waals surface area contributed by atoms with Crippen LogP contribution in [-0.2, 0) is 11.2 Å². The van der Waals surface area contributed by atoms with E-state index in [1.54, 1.807) is 33.7 Å². The average Bonchev–Trinajstić information content (AvgIpc) is 3.30. The second-order valence-corrected chi connectivity index (χ2v) is 8.10. The van der Waals surface area contributed by atoms with Gasteiger partial charge in [0.15, 0.2) is 11.5 Å². The van der Waals surface area contributed by atoms with Gasteiger partial charge in [-0.3, -0.25) is 4.79 Å². The van der Waals surface area contributed by atoms with Gasteiger partial charge in [0.1, 0.15) is 11.3 Å². The van der Waals surface area contributed by atoms with Gasteiger partial charge < -0.3 is 23.9 Å². The first-order chi connectivity index (χ1) is 17.0. The van der Waals surface area contributed by atoms with Crippen LogP contribution in [-0.4, -0.2) is 27.2 Å². The summed E-state index contributed by atoms with van der Waals surface area (Å²) in [5.74, 6) is 1.72. The molecule has 6 heteroatoms. The monoisotopic (exact) mass is 471 g/mol. The summed E-state index contributed by atoms with van der Waals surface area (Å²) >= 11 is 0. The van der Waals surface area contributed by atoms with Crippen LogP contribution in [0.15, 0.2) is 71.4 Å². The van der Waals surface area contributed by atoms with Gasteiger partial charge in [-0.2, -0.15) is 0 Å². The predicted octanol–water partition coefficient (Wildman–Crippen LogP) is 6.73. The van der Waals surface area contributed by atoms with Crippen molar-refractivity contribution in [2.75, 3.05) is 26.6 Å². The predicted molar refractivity (Wildman–Crippen MR) is 139 cm³/mol. The number of nitrogens with one attached hydrogen (secondary N) is 1. The molecule has 0 aliphatic carbocycles. The number of furan rings is 1. The minimum atomic E-state index is -0.196. The Kier molecular flexibility index (Phi) is 7.11. The summed E-state index contributed by atoms with van der Waals surface area (Å²) in [5, 5.41) is 3.89. The first-order valence-electron chi connectivity index (χ1n) is 11.4. The molecule has 0 unspecified atom stereocenters. The van der Waals surface area contributed by atoms with Gasteiger partial charge in [0, 0.05) is 34.3 Å². The Hall–Kier alpha value is -4.19. The summed E-state index contributed by atoms with van der Waals surface area (Å²) in [5.41, 5.74) is 5.99. The quantitative estimate of drug-likeness (QED) is 0.289. The van der Waals surface area contributed by atoms with E-state index < -0.39 is 0 Å². The minimum absolute atomic E-state index is 0.196. The molecule has 1 aromatic heterocycles. The molecule has 0 saturated heterocycles. The number of fused-ring (bicyclic) bond motifs is 1. The molecule has 4 rings (SSSR count). The van der Waals surface area contributed by atoms with E-state index in [0.717, 1.165) is 45.3 Å². The highest BCUT2D eigenvalue weighted by Gasteiger charge is 2.16. The van der Waals surface area contributed by atoms with Gasteiger partial charge in [-0.1, -0.05) is 31.2 Å². The molecule has 1 N–H and O–H groups in total. The molecular formula is C29H29NO5. The standard InChI is InChI=1S/C29H29NO5/c1-6-19-9-7-8-10-24(19)30-29(31)13-18(2)21-15-22-23(17-35-27(22)16-26(21)33-4)20-11-12-25(32-3)28(14-20)34-5/h7-17H,6H2,1-5H3,(H,30,31)/b18-13+. The number of carbonyl (C=O) groups is 1. The van der Waals surface area contributed by atoms with Crippen molar-refractivity contribution in [1.82, 2.24) is 0 Å². The molecule has 0 bridgehead atoms. The van der Waals surface area contributed by atoms with Crippen molar-refractivity contribution in [1.29, 1.82) is 0 Å². The Balaban J connectivity index is 1.72. The number of aryl methyl sites for hydroxylation is 1. The molecule has 1 heterocycles. The largest absolute Gasteiger partial charge is 0.496 e. The maximum atomic E-state index is 12.8. The van der Waals surface area contributed by atoms with Crippen LogP contribution >= 0.6 is 0 Å². The van der Waals surface area contributed by atoms with Gasteiger partial charge in [0.05, 0.1) is 27.6 Å². The van der Waals surface area contributed by atoms with Crippen molar-refractivity contribution < 1.29 is 23.4 Å². The molecule has 0 radical (unpaired) electrons. The van der Waals surface area contributed by atoms with Crippen LogP contribution in [0.5, 0.6) is 17.2 Å². The molecule has 0 spiro atoms. The zero-order valence-corrected chi connectivity index (χ0v) is 20.6. The second-order valence-electron chi connectivity index (χ2n) is 8.10. The molecule has 4 aromatic rings. The highest BCUT2D eigenvalue weighted by atomic mass is 16.5. The maximum Gasteiger partial charge on any atom is 0.248 e. The lowest BCUT2D eigenvalue weighted by molar-refractivity contribution is -0.111. The zero-order valence-electron chi connectivity index (χ0n) is 20.6. The van der Waals surface area contributed by atoms with Gasteiger partial charge in [-0.05, 0) is 54.3 Å². The van der Waals surface area contributed by atoms with Gasteiger partial charge in [-0.15, -0.1) is 0 Å². The number of allylic oxidation sites excluding steroid dienone is 1. The number of rotatable bonds is 8. The van der Waals surface area contributed by atoms with Gasteiger partial charge in [0.25, 0.3) is 0 Å². The molecule has 0 aliphatic rings. The van der Waals surface area contributed by atoms with E-state index in [-0.39, 0.29) is 5.91 Å². The lowest BCUT2D eigenvalue weighted by Gasteiger charge is -2.12. The molecule has 0 fully saturated rings. The summed E-state index contributed by atoms with van der Waals surface area (Å²) in [6.45, 7) is 3.96. The van der Waals surface area contributed by atoms with Crippen molar-refractivity contribution in [2.45, 2.75) is 20.3 Å². The summed E-state index contributed by atoms with van der Waals surface area (Å²) in [6, 6.07) is 17.4. The number of hydrogen-bond acceptors (Lipinski definition) is 5. The summed E-state index contributed by atoms with van der Waals surface area (Å²) in [6.07, 6.45) is 4.14. The van der Waals surface area contributed by atoms with Gasteiger partial charge >= 0.3 is 0 Å². The lowest BCUT2D eigenvalue weighted by Crippen LogP contribution is -2.10. The van der Waals surface area contributed by atoms with Crippen LogP contribution in [0.2, 0.25) is 0 Å². The van der Waals surface area contributed by atoms with Crippen molar-refractivity contribution in [3.05, 3.63) is 78.1 Å². The Bertz CT molecular complexity index is 1400. The number of ether oxygens (including phenoxy) is 3. The normalized spacial score (nSPS) is 11.4. The van der Waals surface area contributed by atoms with E-state index in [0.29, 0.717) is 22.8 Å². The molecule has 3 aromatic carbocycles. The maximum absolute atomic E-state index is 12.8. The molecule has 0 atom stereocenters. The number of hydrogen-bond donors (Lipinski definition) is 1. The third-order valence-electron chi connectivity index (χ3n) is 6.02. The first kappa shape index (κ1) is 24.0. The number of benzene rings is 3. The van der Waals surface area contributed by atoms with E-state index in [2.05, 4.69) is 12.2 Å². The van der Waals surface area contributed by atoms with Crippen molar-refractivity contribution in [3.63, 3.8) is 0 Å². The minimum Gasteiger partial charge on any atom is -0.496 e. The van der Waals surface area contributed by atoms with Crippen molar-refractivity contribution in [2.24, 2.45) is 0 Å². The lowest BCUT2D eigenvalue weighted by atomic mass is 9.99. The van der Waals surface area contributed by atoms with Crippen LogP contribution in [0.4, 0.5) is 5.69 Å². The molecule has 35 heavy (non-hydrogen) atoms. The highest BCUT2D eigenvalue weighted by Crippen LogP contribution is 2.39. The van der Waals surface area contributed by atoms with Crippen LogP contribution in [0, 0.1) is 0 Å². The van der Waals surface area contributed by atoms with Gasteiger partial charge in [-0.25, -0.2) is 0 Å². The first-order valence-corrected chi connectivity index (χ1v) is 11.4. The van der Waals surface area contributed by atoms with E-state index in [1.807, 2.05) is 61.5 Å². The fourth-order valence-corrected chi connectivity index (χ4v) is 4.15. The molecule has 0 aliphatic heterocycles. The number of para-hydroxylation sites is 1. The smallest absolute Gasteiger partial charge is 0.248 e. The second kappa shape index (κ2) is 10.4. The number of carbonyl (C=O) groups excluding carboxylic acids is 1. The SMILES string of the molecule is CCc1ccccc1NC(=O)/C=C(\C)c1cc2c(-c3ccc(OC)c(OC)c3)coc2cc1OC. The topological polar surface area (TPSA) is 69.9 Å². The Morgan fingerprint density at radius 3 is 2.40 bits per heavy atom. The summed E-state index contributed by atoms with van der Waals surface area (Å²) in [7, 11) is 4.82. The van der Waals surface area contributed by atoms with E-state index >= 15 is 0 Å². The molecule has 1 amide bonds. The fraction of sp³-hybridized carbons (Fsp3) is 0.207. The van der Waals surface area contributed by atoms with Gasteiger partial charge in [0.2, 0.25) is 5.91 Å². The Labute approximate surface area is 205 Å². The fourth-order valence-electron chi connectivity index (χ4n) is 4.15. The summed E-state index contributed by atoms with van der Waals surface area (Å²) < 4.78 is 22.3. The average molecular weight is 472 g/mol. The van der Waals surface area contributed by atoms with Crippen LogP contribution < -0.4 is 19.5 Å².